The van der Waals surface area contributed by atoms with Crippen molar-refractivity contribution in [3.05, 3.63) is 59.8 Å². The van der Waals surface area contributed by atoms with Crippen molar-refractivity contribution in [1.29, 1.82) is 0 Å². The van der Waals surface area contributed by atoms with E-state index in [9.17, 15) is 14.0 Å². The lowest BCUT2D eigenvalue weighted by molar-refractivity contribution is -0.126. The second kappa shape index (κ2) is 7.14. The average Bonchev–Trinajstić information content (AvgIpc) is 3.08. The Labute approximate surface area is 154 Å². The molecule has 27 heavy (non-hydrogen) atoms. The Kier molecular flexibility index (Phi) is 4.53. The molecule has 0 saturated heterocycles. The van der Waals surface area contributed by atoms with Crippen LogP contribution in [-0.4, -0.2) is 33.0 Å². The third-order valence-corrected chi connectivity index (χ3v) is 4.63. The fraction of sp³-hybridized carbons (Fsp3) is 0.263. The molecule has 0 spiro atoms. The molecule has 3 aromatic rings. The van der Waals surface area contributed by atoms with Crippen LogP contribution in [0.3, 0.4) is 0 Å². The molecule has 0 bridgehead atoms. The highest BCUT2D eigenvalue weighted by molar-refractivity contribution is 6.01. The number of fused-ring (bicyclic) bond motifs is 2. The molecule has 1 aliphatic rings. The van der Waals surface area contributed by atoms with Gasteiger partial charge in [-0.05, 0) is 42.3 Å². The standard InChI is InChI=1S/C19H18FN5O2/c20-12-6-7-15-13(10-12)14(11-18(26)22-15)19(27)21-8-3-5-17-24-23-16-4-1-2-9-25(16)17/h1-2,4,6-7,9-10,14H,3,5,8,11H2,(H,21,27)(H,22,26). The third-order valence-electron chi connectivity index (χ3n) is 4.63. The Morgan fingerprint density at radius 3 is 3.07 bits per heavy atom. The summed E-state index contributed by atoms with van der Waals surface area (Å²) in [4.78, 5) is 24.4. The SMILES string of the molecule is O=C1CC(C(=O)NCCCc2nnc3ccccn23)c2cc(F)ccc2N1. The molecule has 1 aromatic carbocycles. The zero-order valence-corrected chi connectivity index (χ0v) is 14.5. The fourth-order valence-corrected chi connectivity index (χ4v) is 3.31. The van der Waals surface area contributed by atoms with Gasteiger partial charge in [0, 0.05) is 31.3 Å². The minimum absolute atomic E-state index is 0.0110. The number of rotatable bonds is 5. The van der Waals surface area contributed by atoms with Gasteiger partial charge in [-0.3, -0.25) is 14.0 Å². The number of hydrogen-bond acceptors (Lipinski definition) is 4. The summed E-state index contributed by atoms with van der Waals surface area (Å²) in [5.41, 5.74) is 1.78. The summed E-state index contributed by atoms with van der Waals surface area (Å²) in [6.07, 6.45) is 3.24. The number of nitrogens with one attached hydrogen (secondary N) is 2. The second-order valence-electron chi connectivity index (χ2n) is 6.48. The highest BCUT2D eigenvalue weighted by Gasteiger charge is 2.30. The number of aryl methyl sites for hydroxylation is 1. The molecule has 0 saturated carbocycles. The van der Waals surface area contributed by atoms with Crippen LogP contribution in [0.15, 0.2) is 42.6 Å². The molecule has 138 valence electrons. The van der Waals surface area contributed by atoms with E-state index < -0.39 is 11.7 Å². The summed E-state index contributed by atoms with van der Waals surface area (Å²) in [6.45, 7) is 0.434. The van der Waals surface area contributed by atoms with E-state index in [4.69, 9.17) is 0 Å². The van der Waals surface area contributed by atoms with Crippen molar-refractivity contribution in [1.82, 2.24) is 19.9 Å². The summed E-state index contributed by atoms with van der Waals surface area (Å²) < 4.78 is 15.5. The number of amides is 2. The van der Waals surface area contributed by atoms with Gasteiger partial charge in [-0.15, -0.1) is 10.2 Å². The normalized spacial score (nSPS) is 16.0. The maximum Gasteiger partial charge on any atom is 0.228 e. The smallest absolute Gasteiger partial charge is 0.228 e. The molecule has 2 amide bonds. The van der Waals surface area contributed by atoms with Gasteiger partial charge in [0.1, 0.15) is 11.6 Å². The van der Waals surface area contributed by atoms with Crippen LogP contribution in [0.4, 0.5) is 10.1 Å². The molecule has 7 nitrogen and oxygen atoms in total. The first-order chi connectivity index (χ1) is 13.1. The summed E-state index contributed by atoms with van der Waals surface area (Å²) in [7, 11) is 0. The van der Waals surface area contributed by atoms with Gasteiger partial charge in [-0.25, -0.2) is 4.39 Å². The number of aromatic nitrogens is 3. The van der Waals surface area contributed by atoms with Crippen molar-refractivity contribution in [3.8, 4) is 0 Å². The monoisotopic (exact) mass is 367 g/mol. The minimum Gasteiger partial charge on any atom is -0.356 e. The first-order valence-corrected chi connectivity index (χ1v) is 8.77. The van der Waals surface area contributed by atoms with Crippen LogP contribution in [0.2, 0.25) is 0 Å². The largest absolute Gasteiger partial charge is 0.356 e. The van der Waals surface area contributed by atoms with Crippen LogP contribution in [0, 0.1) is 5.82 Å². The summed E-state index contributed by atoms with van der Waals surface area (Å²) in [6, 6.07) is 9.74. The van der Waals surface area contributed by atoms with Gasteiger partial charge < -0.3 is 10.6 Å². The molecule has 8 heteroatoms. The van der Waals surface area contributed by atoms with Gasteiger partial charge in [-0.2, -0.15) is 0 Å². The van der Waals surface area contributed by atoms with E-state index in [1.54, 1.807) is 0 Å². The predicted octanol–water partition coefficient (Wildman–Crippen LogP) is 2.04. The number of pyridine rings is 1. The number of nitrogens with zero attached hydrogens (tertiary/aromatic N) is 3. The fourth-order valence-electron chi connectivity index (χ4n) is 3.31. The van der Waals surface area contributed by atoms with E-state index in [1.165, 1.54) is 18.2 Å². The van der Waals surface area contributed by atoms with Crippen LogP contribution in [-0.2, 0) is 16.0 Å². The maximum absolute atomic E-state index is 13.6. The van der Waals surface area contributed by atoms with Crippen LogP contribution >= 0.6 is 0 Å². The topological polar surface area (TPSA) is 88.4 Å². The molecule has 0 fully saturated rings. The van der Waals surface area contributed by atoms with Crippen molar-refractivity contribution in [3.63, 3.8) is 0 Å². The van der Waals surface area contributed by atoms with Crippen LogP contribution in [0.5, 0.6) is 0 Å². The third kappa shape index (κ3) is 3.51. The molecule has 1 unspecified atom stereocenters. The van der Waals surface area contributed by atoms with Crippen molar-refractivity contribution < 1.29 is 14.0 Å². The lowest BCUT2D eigenvalue weighted by Crippen LogP contribution is -2.35. The molecule has 1 atom stereocenters. The van der Waals surface area contributed by atoms with Gasteiger partial charge in [0.2, 0.25) is 11.8 Å². The molecule has 2 N–H and O–H groups in total. The van der Waals surface area contributed by atoms with Gasteiger partial charge >= 0.3 is 0 Å². The Bertz CT molecular complexity index is 1020. The number of hydrogen-bond donors (Lipinski definition) is 2. The molecular formula is C19H18FN5O2. The molecule has 0 radical (unpaired) electrons. The lowest BCUT2D eigenvalue weighted by Gasteiger charge is -2.24. The van der Waals surface area contributed by atoms with Crippen LogP contribution in [0.25, 0.3) is 5.65 Å². The Balaban J connectivity index is 1.37. The average molecular weight is 367 g/mol. The van der Waals surface area contributed by atoms with E-state index in [1.807, 2.05) is 28.8 Å². The molecular weight excluding hydrogens is 349 g/mol. The quantitative estimate of drug-likeness (QED) is 0.676. The van der Waals surface area contributed by atoms with Gasteiger partial charge in [0.15, 0.2) is 5.65 Å². The minimum atomic E-state index is -0.682. The molecule has 2 aromatic heterocycles. The van der Waals surface area contributed by atoms with Crippen LogP contribution < -0.4 is 10.6 Å². The predicted molar refractivity (Wildman–Crippen MR) is 96.7 cm³/mol. The first-order valence-electron chi connectivity index (χ1n) is 8.77. The number of benzene rings is 1. The first kappa shape index (κ1) is 17.1. The van der Waals surface area contributed by atoms with E-state index in [-0.39, 0.29) is 18.2 Å². The Hall–Kier alpha value is -3.29. The summed E-state index contributed by atoms with van der Waals surface area (Å²) >= 11 is 0. The number of carbonyl (C=O) groups is 2. The van der Waals surface area contributed by atoms with Gasteiger partial charge in [0.25, 0.3) is 0 Å². The molecule has 0 aliphatic carbocycles. The molecule has 3 heterocycles. The van der Waals surface area contributed by atoms with Gasteiger partial charge in [-0.1, -0.05) is 6.07 Å². The Morgan fingerprint density at radius 1 is 1.30 bits per heavy atom. The summed E-state index contributed by atoms with van der Waals surface area (Å²) in [5.74, 6) is -0.809. The van der Waals surface area contributed by atoms with E-state index in [0.717, 1.165) is 11.5 Å². The van der Waals surface area contributed by atoms with Crippen molar-refractivity contribution in [2.45, 2.75) is 25.2 Å². The molecule has 1 aliphatic heterocycles. The number of halogens is 1. The Morgan fingerprint density at radius 2 is 2.19 bits per heavy atom. The highest BCUT2D eigenvalue weighted by Crippen LogP contribution is 2.32. The highest BCUT2D eigenvalue weighted by atomic mass is 19.1. The summed E-state index contributed by atoms with van der Waals surface area (Å²) in [5, 5.41) is 13.8. The van der Waals surface area contributed by atoms with Crippen molar-refractivity contribution >= 4 is 23.1 Å². The number of carbonyl (C=O) groups excluding carboxylic acids is 2. The number of anilines is 1. The van der Waals surface area contributed by atoms with Crippen molar-refractivity contribution in [2.24, 2.45) is 0 Å². The van der Waals surface area contributed by atoms with E-state index in [2.05, 4.69) is 20.8 Å². The van der Waals surface area contributed by atoms with E-state index in [0.29, 0.717) is 30.6 Å². The van der Waals surface area contributed by atoms with Crippen LogP contribution in [0.1, 0.15) is 30.1 Å². The second-order valence-corrected chi connectivity index (χ2v) is 6.48. The zero-order valence-electron chi connectivity index (χ0n) is 14.5. The maximum atomic E-state index is 13.6. The lowest BCUT2D eigenvalue weighted by atomic mass is 9.89. The van der Waals surface area contributed by atoms with E-state index >= 15 is 0 Å². The molecule has 4 rings (SSSR count). The van der Waals surface area contributed by atoms with Crippen molar-refractivity contribution in [2.75, 3.05) is 11.9 Å². The van der Waals surface area contributed by atoms with Gasteiger partial charge in [0.05, 0.1) is 5.92 Å². The zero-order chi connectivity index (χ0) is 18.8.